The average molecular weight is 256 g/mol. The van der Waals surface area contributed by atoms with E-state index in [4.69, 9.17) is 5.26 Å². The Labute approximate surface area is 101 Å². The van der Waals surface area contributed by atoms with E-state index in [0.717, 1.165) is 6.42 Å². The molecular formula is C12H11F3N2O. The summed E-state index contributed by atoms with van der Waals surface area (Å²) in [5.74, 6) is 0. The molecule has 1 aromatic rings. The Morgan fingerprint density at radius 2 is 1.72 bits per heavy atom. The molecule has 1 N–H and O–H groups in total. The molecule has 2 rings (SSSR count). The van der Waals surface area contributed by atoms with Crippen LogP contribution < -0.4 is 5.56 Å². The lowest BCUT2D eigenvalue weighted by Crippen LogP contribution is -2.24. The first kappa shape index (κ1) is 12.7. The van der Waals surface area contributed by atoms with E-state index in [-0.39, 0.29) is 23.1 Å². The van der Waals surface area contributed by atoms with E-state index in [9.17, 15) is 18.0 Å². The molecule has 3 nitrogen and oxygen atoms in total. The lowest BCUT2D eigenvalue weighted by atomic mass is 9.97. The fourth-order valence-corrected chi connectivity index (χ4v) is 2.38. The number of fused-ring (bicyclic) bond motifs is 1. The molecule has 1 aromatic heterocycles. The van der Waals surface area contributed by atoms with Gasteiger partial charge in [0.25, 0.3) is 5.56 Å². The van der Waals surface area contributed by atoms with E-state index < -0.39 is 17.4 Å². The second-order valence-electron chi connectivity index (χ2n) is 4.33. The van der Waals surface area contributed by atoms with Crippen LogP contribution in [0.3, 0.4) is 0 Å². The van der Waals surface area contributed by atoms with Gasteiger partial charge in [-0.25, -0.2) is 0 Å². The van der Waals surface area contributed by atoms with E-state index in [1.807, 2.05) is 4.98 Å². The predicted octanol–water partition coefficient (Wildman–Crippen LogP) is 2.53. The molecule has 0 saturated heterocycles. The molecule has 96 valence electrons. The largest absolute Gasteiger partial charge is 0.431 e. The number of aromatic amines is 1. The van der Waals surface area contributed by atoms with Crippen molar-refractivity contribution in [2.24, 2.45) is 0 Å². The van der Waals surface area contributed by atoms with Crippen LogP contribution in [0.1, 0.15) is 41.6 Å². The van der Waals surface area contributed by atoms with Crippen molar-refractivity contribution in [2.75, 3.05) is 0 Å². The zero-order valence-corrected chi connectivity index (χ0v) is 9.52. The summed E-state index contributed by atoms with van der Waals surface area (Å²) in [4.78, 5) is 13.3. The van der Waals surface area contributed by atoms with Gasteiger partial charge in [0.05, 0.1) is 0 Å². The quantitative estimate of drug-likeness (QED) is 0.725. The van der Waals surface area contributed by atoms with Gasteiger partial charge in [-0.05, 0) is 36.8 Å². The van der Waals surface area contributed by atoms with Gasteiger partial charge in [-0.1, -0.05) is 6.42 Å². The maximum absolute atomic E-state index is 12.9. The maximum Gasteiger partial charge on any atom is 0.431 e. The van der Waals surface area contributed by atoms with Crippen molar-refractivity contribution in [3.8, 4) is 6.07 Å². The molecule has 0 aliphatic heterocycles. The Kier molecular flexibility index (Phi) is 3.16. The first-order valence-corrected chi connectivity index (χ1v) is 5.70. The minimum atomic E-state index is -4.58. The smallest absolute Gasteiger partial charge is 0.317 e. The summed E-state index contributed by atoms with van der Waals surface area (Å²) < 4.78 is 38.6. The van der Waals surface area contributed by atoms with Gasteiger partial charge in [-0.3, -0.25) is 4.79 Å². The number of nitrogens with zero attached hydrogens (tertiary/aromatic N) is 1. The highest BCUT2D eigenvalue weighted by atomic mass is 19.4. The molecule has 1 aliphatic rings. The zero-order chi connectivity index (χ0) is 13.3. The minimum absolute atomic E-state index is 0.0937. The highest BCUT2D eigenvalue weighted by Crippen LogP contribution is 2.34. The Morgan fingerprint density at radius 1 is 1.11 bits per heavy atom. The van der Waals surface area contributed by atoms with Crippen LogP contribution in [0.25, 0.3) is 0 Å². The average Bonchev–Trinajstić information content (AvgIpc) is 2.52. The van der Waals surface area contributed by atoms with Crippen molar-refractivity contribution in [1.82, 2.24) is 4.98 Å². The molecular weight excluding hydrogens is 245 g/mol. The van der Waals surface area contributed by atoms with Crippen molar-refractivity contribution in [3.63, 3.8) is 0 Å². The molecule has 0 bridgehead atoms. The van der Waals surface area contributed by atoms with E-state index in [0.29, 0.717) is 19.3 Å². The molecule has 1 heterocycles. The molecule has 0 aromatic carbocycles. The summed E-state index contributed by atoms with van der Waals surface area (Å²) in [6.07, 6.45) is -1.79. The first-order valence-electron chi connectivity index (χ1n) is 5.70. The molecule has 0 amide bonds. The fraction of sp³-hybridized carbons (Fsp3) is 0.500. The van der Waals surface area contributed by atoms with Crippen molar-refractivity contribution in [3.05, 3.63) is 32.7 Å². The van der Waals surface area contributed by atoms with Gasteiger partial charge in [0.1, 0.15) is 17.3 Å². The summed E-state index contributed by atoms with van der Waals surface area (Å²) in [7, 11) is 0. The van der Waals surface area contributed by atoms with E-state index in [1.165, 1.54) is 0 Å². The Bertz CT molecular complexity index is 566. The first-order chi connectivity index (χ1) is 8.45. The van der Waals surface area contributed by atoms with Gasteiger partial charge in [-0.15, -0.1) is 0 Å². The van der Waals surface area contributed by atoms with E-state index in [2.05, 4.69) is 0 Å². The maximum atomic E-state index is 12.9. The Balaban J connectivity index is 2.76. The number of alkyl halides is 3. The third kappa shape index (κ3) is 2.13. The molecule has 0 atom stereocenters. The number of nitriles is 1. The molecule has 0 radical (unpaired) electrons. The Hall–Kier alpha value is -1.77. The van der Waals surface area contributed by atoms with Crippen LogP contribution >= 0.6 is 0 Å². The van der Waals surface area contributed by atoms with Gasteiger partial charge in [0, 0.05) is 0 Å². The van der Waals surface area contributed by atoms with Gasteiger partial charge in [0.15, 0.2) is 0 Å². The van der Waals surface area contributed by atoms with Crippen LogP contribution in [0, 0.1) is 11.3 Å². The predicted molar refractivity (Wildman–Crippen MR) is 58.0 cm³/mol. The molecule has 1 aliphatic carbocycles. The highest BCUT2D eigenvalue weighted by molar-refractivity contribution is 5.44. The number of halogens is 3. The summed E-state index contributed by atoms with van der Waals surface area (Å²) >= 11 is 0. The lowest BCUT2D eigenvalue weighted by Gasteiger charge is -2.15. The molecule has 0 spiro atoms. The van der Waals surface area contributed by atoms with Crippen LogP contribution in [0.4, 0.5) is 13.2 Å². The van der Waals surface area contributed by atoms with Crippen LogP contribution in [0.2, 0.25) is 0 Å². The highest BCUT2D eigenvalue weighted by Gasteiger charge is 2.37. The number of hydrogen-bond acceptors (Lipinski definition) is 2. The normalized spacial score (nSPS) is 15.7. The topological polar surface area (TPSA) is 56.6 Å². The molecule has 0 saturated carbocycles. The van der Waals surface area contributed by atoms with Gasteiger partial charge in [0.2, 0.25) is 0 Å². The van der Waals surface area contributed by atoms with Crippen molar-refractivity contribution in [1.29, 1.82) is 5.26 Å². The van der Waals surface area contributed by atoms with Crippen molar-refractivity contribution in [2.45, 2.75) is 38.3 Å². The number of pyridine rings is 1. The zero-order valence-electron chi connectivity index (χ0n) is 9.52. The van der Waals surface area contributed by atoms with E-state index in [1.54, 1.807) is 6.07 Å². The van der Waals surface area contributed by atoms with Crippen molar-refractivity contribution < 1.29 is 13.2 Å². The minimum Gasteiger partial charge on any atom is -0.317 e. The number of aromatic nitrogens is 1. The van der Waals surface area contributed by atoms with E-state index >= 15 is 0 Å². The van der Waals surface area contributed by atoms with Crippen molar-refractivity contribution >= 4 is 0 Å². The third-order valence-electron chi connectivity index (χ3n) is 3.18. The van der Waals surface area contributed by atoms with Crippen LogP contribution in [-0.4, -0.2) is 4.98 Å². The fourth-order valence-electron chi connectivity index (χ4n) is 2.38. The standard InChI is InChI=1S/C12H11F3N2O/c13-12(14,15)10-8-5-3-1-2-4-7(8)9(6-16)11(18)17-10/h1-5H2,(H,17,18). The molecule has 18 heavy (non-hydrogen) atoms. The SMILES string of the molecule is N#Cc1c2c(c(C(F)(F)F)[nH]c1=O)CCCCC2. The lowest BCUT2D eigenvalue weighted by molar-refractivity contribution is -0.142. The van der Waals surface area contributed by atoms with Crippen LogP contribution in [0.15, 0.2) is 4.79 Å². The molecule has 0 fully saturated rings. The second-order valence-corrected chi connectivity index (χ2v) is 4.33. The summed E-state index contributed by atoms with van der Waals surface area (Å²) in [5.41, 5.74) is -1.71. The summed E-state index contributed by atoms with van der Waals surface area (Å²) in [6, 6.07) is 1.72. The van der Waals surface area contributed by atoms with Gasteiger partial charge in [-0.2, -0.15) is 18.4 Å². The third-order valence-corrected chi connectivity index (χ3v) is 3.18. The number of nitrogens with one attached hydrogen (secondary N) is 1. The molecule has 0 unspecified atom stereocenters. The van der Waals surface area contributed by atoms with Gasteiger partial charge >= 0.3 is 6.18 Å². The van der Waals surface area contributed by atoms with Crippen LogP contribution in [0.5, 0.6) is 0 Å². The second kappa shape index (κ2) is 4.48. The molecule has 6 heteroatoms. The van der Waals surface area contributed by atoms with Gasteiger partial charge < -0.3 is 4.98 Å². The Morgan fingerprint density at radius 3 is 2.28 bits per heavy atom. The summed E-state index contributed by atoms with van der Waals surface area (Å²) in [6.45, 7) is 0. The summed E-state index contributed by atoms with van der Waals surface area (Å²) in [5, 5.41) is 8.91. The number of H-pyrrole nitrogens is 1. The number of hydrogen-bond donors (Lipinski definition) is 1. The van der Waals surface area contributed by atoms with Crippen LogP contribution in [-0.2, 0) is 19.0 Å². The number of rotatable bonds is 0. The monoisotopic (exact) mass is 256 g/mol.